The van der Waals surface area contributed by atoms with Gasteiger partial charge in [-0.2, -0.15) is 23.5 Å². The zero-order valence-corrected chi connectivity index (χ0v) is 26.9. The first kappa shape index (κ1) is 34.0. The van der Waals surface area contributed by atoms with Crippen LogP contribution in [0.1, 0.15) is 67.9 Å². The average Bonchev–Trinajstić information content (AvgIpc) is 3.73. The van der Waals surface area contributed by atoms with Gasteiger partial charge in [0.25, 0.3) is 5.91 Å². The number of ether oxygens (including phenoxy) is 1. The Morgan fingerprint density at radius 1 is 1.12 bits per heavy atom. The normalized spacial score (nSPS) is 16.8. The van der Waals surface area contributed by atoms with Crippen molar-refractivity contribution < 1.29 is 31.9 Å². The fourth-order valence-electron chi connectivity index (χ4n) is 6.64. The first-order valence-electron chi connectivity index (χ1n) is 16.2. The van der Waals surface area contributed by atoms with Crippen LogP contribution in [0.4, 0.5) is 17.6 Å². The highest BCUT2D eigenvalue weighted by Gasteiger charge is 2.48. The number of halogens is 4. The Labute approximate surface area is 279 Å². The van der Waals surface area contributed by atoms with Crippen molar-refractivity contribution in [2.24, 2.45) is 0 Å². The van der Waals surface area contributed by atoms with Gasteiger partial charge in [-0.25, -0.2) is 19.3 Å². The van der Waals surface area contributed by atoms with Crippen molar-refractivity contribution in [3.8, 4) is 17.3 Å². The molecular weight excluding hydrogens is 646 g/mol. The smallest absolute Gasteiger partial charge is 0.436 e. The number of rotatable bonds is 11. The van der Waals surface area contributed by atoms with Gasteiger partial charge in [-0.3, -0.25) is 23.7 Å². The largest absolute Gasteiger partial charge is 0.444 e. The van der Waals surface area contributed by atoms with E-state index in [-0.39, 0.29) is 38.3 Å². The third-order valence-electron chi connectivity index (χ3n) is 9.31. The molecule has 2 aliphatic rings. The zero-order chi connectivity index (χ0) is 34.8. The molecule has 16 heteroatoms. The van der Waals surface area contributed by atoms with Gasteiger partial charge in [0.15, 0.2) is 18.2 Å². The van der Waals surface area contributed by atoms with Crippen LogP contribution in [0.15, 0.2) is 43.2 Å². The average molecular weight is 682 g/mol. The number of nitriles is 1. The number of unbranched alkanes of at least 4 members (excludes halogenated alkanes) is 2. The molecule has 2 saturated heterocycles. The summed E-state index contributed by atoms with van der Waals surface area (Å²) < 4.78 is 62.9. The fourth-order valence-corrected chi connectivity index (χ4v) is 6.64. The lowest BCUT2D eigenvalue weighted by atomic mass is 9.83. The number of hydrogen-bond donors (Lipinski definition) is 0. The van der Waals surface area contributed by atoms with Crippen LogP contribution in [-0.4, -0.2) is 83.2 Å². The highest BCUT2D eigenvalue weighted by molar-refractivity contribution is 5.94. The van der Waals surface area contributed by atoms with Crippen LogP contribution >= 0.6 is 0 Å². The van der Waals surface area contributed by atoms with Crippen molar-refractivity contribution >= 4 is 22.9 Å². The first-order chi connectivity index (χ1) is 23.5. The SMILES string of the molecule is CCCCCC(=O)OCn1ccc2c(-c3cnn(C4(CC#N)CN(C5CCN(C(=O)c6ccnc(C(F)(F)F)c6F)CC5)C4)c3)ncnc21. The predicted molar refractivity (Wildman–Crippen MR) is 167 cm³/mol. The Balaban J connectivity index is 1.09. The minimum absolute atomic E-state index is 0.0397. The molecule has 0 aromatic carbocycles. The van der Waals surface area contributed by atoms with Gasteiger partial charge in [0.05, 0.1) is 29.9 Å². The Morgan fingerprint density at radius 3 is 2.61 bits per heavy atom. The number of esters is 1. The van der Waals surface area contributed by atoms with E-state index in [0.29, 0.717) is 43.7 Å². The van der Waals surface area contributed by atoms with Gasteiger partial charge in [-0.05, 0) is 31.4 Å². The van der Waals surface area contributed by atoms with Crippen molar-refractivity contribution in [1.29, 1.82) is 5.26 Å². The number of fused-ring (bicyclic) bond motifs is 1. The van der Waals surface area contributed by atoms with E-state index >= 15 is 0 Å². The van der Waals surface area contributed by atoms with Crippen LogP contribution in [-0.2, 0) is 28.0 Å². The summed E-state index contributed by atoms with van der Waals surface area (Å²) >= 11 is 0. The van der Waals surface area contributed by atoms with E-state index in [0.717, 1.165) is 42.5 Å². The van der Waals surface area contributed by atoms with Gasteiger partial charge in [0.1, 0.15) is 17.5 Å². The number of carbonyl (C=O) groups excluding carboxylic acids is 2. The second kappa shape index (κ2) is 13.9. The number of amides is 1. The van der Waals surface area contributed by atoms with E-state index in [1.807, 2.05) is 12.3 Å². The molecule has 2 aliphatic heterocycles. The van der Waals surface area contributed by atoms with Crippen LogP contribution in [0, 0.1) is 17.1 Å². The summed E-state index contributed by atoms with van der Waals surface area (Å²) in [6.45, 7) is 3.68. The highest BCUT2D eigenvalue weighted by Crippen LogP contribution is 2.38. The molecule has 49 heavy (non-hydrogen) atoms. The predicted octanol–water partition coefficient (Wildman–Crippen LogP) is 5.16. The van der Waals surface area contributed by atoms with Gasteiger partial charge in [-0.15, -0.1) is 0 Å². The second-order valence-electron chi connectivity index (χ2n) is 12.5. The van der Waals surface area contributed by atoms with Gasteiger partial charge < -0.3 is 9.64 Å². The quantitative estimate of drug-likeness (QED) is 0.120. The van der Waals surface area contributed by atoms with Crippen molar-refractivity contribution in [3.63, 3.8) is 0 Å². The molecule has 258 valence electrons. The summed E-state index contributed by atoms with van der Waals surface area (Å²) in [4.78, 5) is 40.6. The summed E-state index contributed by atoms with van der Waals surface area (Å²) in [5, 5.41) is 15.1. The molecule has 0 N–H and O–H groups in total. The third-order valence-corrected chi connectivity index (χ3v) is 9.31. The number of nitrogens with zero attached hydrogens (tertiary/aromatic N) is 9. The first-order valence-corrected chi connectivity index (χ1v) is 16.2. The molecule has 1 amide bonds. The molecule has 0 spiro atoms. The van der Waals surface area contributed by atoms with Crippen LogP contribution in [0.25, 0.3) is 22.3 Å². The monoisotopic (exact) mass is 681 g/mol. The van der Waals surface area contributed by atoms with Crippen LogP contribution in [0.5, 0.6) is 0 Å². The number of alkyl halides is 3. The fraction of sp³-hybridized carbons (Fsp3) is 0.485. The standard InChI is InChI=1S/C33H35F4N9O3/c1-2-3-4-5-26(47)49-21-44-15-9-25-28(40-20-41-30(25)44)22-16-42-46(17-22)32(10-11-38)18-45(19-32)23-7-13-43(14-8-23)31(48)24-6-12-39-29(27(24)34)33(35,36)37/h6,9,12,15-17,20,23H,2-5,7-8,10,13-14,18-19,21H2,1H3. The molecule has 4 aromatic rings. The van der Waals surface area contributed by atoms with E-state index in [9.17, 15) is 32.4 Å². The summed E-state index contributed by atoms with van der Waals surface area (Å²) in [6, 6.07) is 5.18. The van der Waals surface area contributed by atoms with Gasteiger partial charge in [0.2, 0.25) is 0 Å². The maximum Gasteiger partial charge on any atom is 0.436 e. The molecule has 0 bridgehead atoms. The van der Waals surface area contributed by atoms with Crippen LogP contribution in [0.3, 0.4) is 0 Å². The van der Waals surface area contributed by atoms with Gasteiger partial charge >= 0.3 is 12.1 Å². The molecule has 0 unspecified atom stereocenters. The van der Waals surface area contributed by atoms with Crippen LogP contribution < -0.4 is 0 Å². The van der Waals surface area contributed by atoms with Gasteiger partial charge in [0, 0.05) is 68.2 Å². The number of carbonyl (C=O) groups is 2. The molecule has 4 aromatic heterocycles. The molecule has 0 saturated carbocycles. The van der Waals surface area contributed by atoms with Gasteiger partial charge in [-0.1, -0.05) is 19.8 Å². The molecule has 2 fully saturated rings. The minimum Gasteiger partial charge on any atom is -0.444 e. The zero-order valence-electron chi connectivity index (χ0n) is 26.9. The van der Waals surface area contributed by atoms with Crippen LogP contribution in [0.2, 0.25) is 0 Å². The molecule has 6 heterocycles. The van der Waals surface area contributed by atoms with E-state index in [4.69, 9.17) is 4.74 Å². The Morgan fingerprint density at radius 2 is 1.90 bits per heavy atom. The minimum atomic E-state index is -5.01. The maximum atomic E-state index is 14.6. The van der Waals surface area contributed by atoms with Crippen molar-refractivity contribution in [3.05, 3.63) is 60.3 Å². The van der Waals surface area contributed by atoms with E-state index in [1.54, 1.807) is 21.6 Å². The lowest BCUT2D eigenvalue weighted by molar-refractivity contribution is -0.147. The highest BCUT2D eigenvalue weighted by atomic mass is 19.4. The number of aromatic nitrogens is 6. The lowest BCUT2D eigenvalue weighted by Gasteiger charge is -2.53. The number of hydrogen-bond acceptors (Lipinski definition) is 9. The van der Waals surface area contributed by atoms with E-state index in [1.165, 1.54) is 11.2 Å². The Hall–Kier alpha value is -4.91. The maximum absolute atomic E-state index is 14.6. The number of likely N-dealkylation sites (tertiary alicyclic amines) is 2. The number of pyridine rings is 1. The molecular formula is C33H35F4N9O3. The van der Waals surface area contributed by atoms with Crippen molar-refractivity contribution in [2.45, 2.75) is 76.4 Å². The van der Waals surface area contributed by atoms with Crippen molar-refractivity contribution in [1.82, 2.24) is 39.1 Å². The molecule has 12 nitrogen and oxygen atoms in total. The van der Waals surface area contributed by atoms with E-state index < -0.39 is 34.7 Å². The third kappa shape index (κ3) is 6.85. The Kier molecular flexibility index (Phi) is 9.64. The summed E-state index contributed by atoms with van der Waals surface area (Å²) in [5.74, 6) is -2.72. The number of piperidine rings is 1. The summed E-state index contributed by atoms with van der Waals surface area (Å²) in [6.07, 6.45) is 7.03. The van der Waals surface area contributed by atoms with Crippen molar-refractivity contribution in [2.75, 3.05) is 26.2 Å². The molecule has 0 radical (unpaired) electrons. The second-order valence-corrected chi connectivity index (χ2v) is 12.5. The molecule has 6 rings (SSSR count). The topological polar surface area (TPSA) is 135 Å². The van der Waals surface area contributed by atoms with E-state index in [2.05, 4.69) is 37.9 Å². The summed E-state index contributed by atoms with van der Waals surface area (Å²) in [5.41, 5.74) is -0.941. The Bertz CT molecular complexity index is 1870. The lowest BCUT2D eigenvalue weighted by Crippen LogP contribution is -2.66. The summed E-state index contributed by atoms with van der Waals surface area (Å²) in [7, 11) is 0. The molecule has 0 atom stereocenters. The molecule has 0 aliphatic carbocycles.